The fraction of sp³-hybridized carbons (Fsp3) is 1.00. The Morgan fingerprint density at radius 2 is 1.94 bits per heavy atom. The van der Waals surface area contributed by atoms with Crippen molar-refractivity contribution in [3.63, 3.8) is 0 Å². The first-order valence-corrected chi connectivity index (χ1v) is 5.89. The number of halogens is 3. The minimum Gasteiger partial charge on any atom is -0.377 e. The lowest BCUT2D eigenvalue weighted by molar-refractivity contribution is -0.148. The molecule has 16 heavy (non-hydrogen) atoms. The Bertz CT molecular complexity index is 190. The van der Waals surface area contributed by atoms with E-state index in [9.17, 15) is 13.2 Å². The van der Waals surface area contributed by atoms with Gasteiger partial charge in [0, 0.05) is 12.6 Å². The molecule has 0 spiro atoms. The highest BCUT2D eigenvalue weighted by molar-refractivity contribution is 4.74. The predicted molar refractivity (Wildman–Crippen MR) is 56.3 cm³/mol. The summed E-state index contributed by atoms with van der Waals surface area (Å²) in [5.74, 6) is 0. The molecular formula is C11H20F3NO. The van der Waals surface area contributed by atoms with Gasteiger partial charge in [-0.05, 0) is 19.8 Å². The van der Waals surface area contributed by atoms with Crippen LogP contribution in [0.25, 0.3) is 0 Å². The molecule has 0 aromatic heterocycles. The second kappa shape index (κ2) is 6.45. The van der Waals surface area contributed by atoms with Crippen LogP contribution < -0.4 is 5.32 Å². The van der Waals surface area contributed by atoms with Crippen LogP contribution in [0.2, 0.25) is 0 Å². The van der Waals surface area contributed by atoms with Crippen LogP contribution in [0.4, 0.5) is 13.2 Å². The molecule has 0 radical (unpaired) electrons. The van der Waals surface area contributed by atoms with Crippen LogP contribution in [0, 0.1) is 0 Å². The van der Waals surface area contributed by atoms with Crippen LogP contribution in [0.15, 0.2) is 0 Å². The summed E-state index contributed by atoms with van der Waals surface area (Å²) >= 11 is 0. The van der Waals surface area contributed by atoms with E-state index >= 15 is 0 Å². The number of hydrogen-bond donors (Lipinski definition) is 1. The Labute approximate surface area is 94.5 Å². The number of rotatable bonds is 6. The summed E-state index contributed by atoms with van der Waals surface area (Å²) in [5, 5.41) is 3.32. The lowest BCUT2D eigenvalue weighted by atomic mass is 10.2. The highest BCUT2D eigenvalue weighted by Crippen LogP contribution is 2.19. The van der Waals surface area contributed by atoms with Crippen molar-refractivity contribution in [2.24, 2.45) is 0 Å². The van der Waals surface area contributed by atoms with E-state index < -0.39 is 12.6 Å². The van der Waals surface area contributed by atoms with E-state index in [1.54, 1.807) is 6.92 Å². The van der Waals surface area contributed by atoms with Gasteiger partial charge in [0.25, 0.3) is 0 Å². The Hall–Kier alpha value is -0.290. The Kier molecular flexibility index (Phi) is 5.55. The van der Waals surface area contributed by atoms with Crippen LogP contribution in [0.3, 0.4) is 0 Å². The average Bonchev–Trinajstić information content (AvgIpc) is 2.65. The molecule has 1 aliphatic rings. The molecule has 1 aliphatic carbocycles. The van der Waals surface area contributed by atoms with Gasteiger partial charge in [-0.25, -0.2) is 0 Å². The second-order valence-electron chi connectivity index (χ2n) is 4.44. The summed E-state index contributed by atoms with van der Waals surface area (Å²) in [6, 6.07) is 0.536. The molecule has 0 saturated heterocycles. The largest absolute Gasteiger partial charge is 0.391 e. The number of ether oxygens (including phenoxy) is 1. The van der Waals surface area contributed by atoms with E-state index in [4.69, 9.17) is 4.74 Å². The number of hydrogen-bond acceptors (Lipinski definition) is 2. The maximum Gasteiger partial charge on any atom is 0.391 e. The van der Waals surface area contributed by atoms with E-state index in [-0.39, 0.29) is 12.7 Å². The third kappa shape index (κ3) is 6.33. The van der Waals surface area contributed by atoms with Crippen LogP contribution in [0.1, 0.15) is 39.0 Å². The summed E-state index contributed by atoms with van der Waals surface area (Å²) in [6.07, 6.45) is -0.269. The Morgan fingerprint density at radius 3 is 2.50 bits per heavy atom. The van der Waals surface area contributed by atoms with Crippen molar-refractivity contribution in [3.8, 4) is 0 Å². The summed E-state index contributed by atoms with van der Waals surface area (Å²) < 4.78 is 40.6. The van der Waals surface area contributed by atoms with Gasteiger partial charge < -0.3 is 10.1 Å². The fourth-order valence-electron chi connectivity index (χ4n) is 1.90. The summed E-state index contributed by atoms with van der Waals surface area (Å²) in [7, 11) is 0. The molecule has 0 aliphatic heterocycles. The predicted octanol–water partition coefficient (Wildman–Crippen LogP) is 2.88. The van der Waals surface area contributed by atoms with E-state index in [2.05, 4.69) is 5.32 Å². The SMILES string of the molecule is CC(CNC1CCCC1)OCCC(F)(F)F. The quantitative estimate of drug-likeness (QED) is 0.769. The van der Waals surface area contributed by atoms with Crippen molar-refractivity contribution in [2.75, 3.05) is 13.2 Å². The van der Waals surface area contributed by atoms with E-state index in [0.717, 1.165) is 0 Å². The normalized spacial score (nSPS) is 20.2. The molecule has 0 heterocycles. The van der Waals surface area contributed by atoms with Crippen molar-refractivity contribution in [1.82, 2.24) is 5.32 Å². The molecule has 0 aromatic rings. The standard InChI is InChI=1S/C11H20F3NO/c1-9(16-7-6-11(12,13)14)8-15-10-4-2-3-5-10/h9-10,15H,2-8H2,1H3. The summed E-state index contributed by atoms with van der Waals surface area (Å²) in [5.41, 5.74) is 0. The highest BCUT2D eigenvalue weighted by atomic mass is 19.4. The van der Waals surface area contributed by atoms with E-state index in [1.807, 2.05) is 0 Å². The van der Waals surface area contributed by atoms with Gasteiger partial charge in [-0.2, -0.15) is 13.2 Å². The number of alkyl halides is 3. The van der Waals surface area contributed by atoms with Gasteiger partial charge in [0.2, 0.25) is 0 Å². The molecule has 0 aromatic carbocycles. The summed E-state index contributed by atoms with van der Waals surface area (Å²) in [6.45, 7) is 2.21. The summed E-state index contributed by atoms with van der Waals surface area (Å²) in [4.78, 5) is 0. The van der Waals surface area contributed by atoms with Crippen molar-refractivity contribution < 1.29 is 17.9 Å². The topological polar surface area (TPSA) is 21.3 Å². The molecule has 2 nitrogen and oxygen atoms in total. The van der Waals surface area contributed by atoms with Crippen molar-refractivity contribution in [1.29, 1.82) is 0 Å². The van der Waals surface area contributed by atoms with Gasteiger partial charge in [0.1, 0.15) is 0 Å². The third-order valence-electron chi connectivity index (χ3n) is 2.84. The van der Waals surface area contributed by atoms with Gasteiger partial charge in [-0.1, -0.05) is 12.8 Å². The van der Waals surface area contributed by atoms with E-state index in [1.165, 1.54) is 25.7 Å². The monoisotopic (exact) mass is 239 g/mol. The van der Waals surface area contributed by atoms with Gasteiger partial charge >= 0.3 is 6.18 Å². The zero-order valence-corrected chi connectivity index (χ0v) is 9.65. The van der Waals surface area contributed by atoms with Crippen LogP contribution in [-0.2, 0) is 4.74 Å². The molecule has 1 rings (SSSR count). The molecular weight excluding hydrogens is 219 g/mol. The zero-order valence-electron chi connectivity index (χ0n) is 9.65. The lowest BCUT2D eigenvalue weighted by Crippen LogP contribution is -2.34. The smallest absolute Gasteiger partial charge is 0.377 e. The molecule has 1 saturated carbocycles. The van der Waals surface area contributed by atoms with Crippen LogP contribution in [-0.4, -0.2) is 31.5 Å². The Balaban J connectivity index is 2.00. The lowest BCUT2D eigenvalue weighted by Gasteiger charge is -2.17. The number of nitrogens with one attached hydrogen (secondary N) is 1. The van der Waals surface area contributed by atoms with Crippen LogP contribution in [0.5, 0.6) is 0 Å². The second-order valence-corrected chi connectivity index (χ2v) is 4.44. The van der Waals surface area contributed by atoms with Gasteiger partial charge in [0.15, 0.2) is 0 Å². The van der Waals surface area contributed by atoms with Crippen LogP contribution >= 0.6 is 0 Å². The molecule has 1 unspecified atom stereocenters. The van der Waals surface area contributed by atoms with Gasteiger partial charge in [-0.15, -0.1) is 0 Å². The highest BCUT2D eigenvalue weighted by Gasteiger charge is 2.26. The molecule has 5 heteroatoms. The van der Waals surface area contributed by atoms with Crippen molar-refractivity contribution in [2.45, 2.75) is 57.3 Å². The molecule has 1 fully saturated rings. The van der Waals surface area contributed by atoms with Crippen molar-refractivity contribution >= 4 is 0 Å². The van der Waals surface area contributed by atoms with Gasteiger partial charge in [-0.3, -0.25) is 0 Å². The first kappa shape index (κ1) is 13.8. The maximum absolute atomic E-state index is 11.8. The fourth-order valence-corrected chi connectivity index (χ4v) is 1.90. The third-order valence-corrected chi connectivity index (χ3v) is 2.84. The minimum absolute atomic E-state index is 0.150. The molecule has 0 amide bonds. The first-order valence-electron chi connectivity index (χ1n) is 5.89. The molecule has 1 atom stereocenters. The molecule has 1 N–H and O–H groups in total. The maximum atomic E-state index is 11.8. The first-order chi connectivity index (χ1) is 7.47. The van der Waals surface area contributed by atoms with Crippen molar-refractivity contribution in [3.05, 3.63) is 0 Å². The minimum atomic E-state index is -4.11. The zero-order chi connectivity index (χ0) is 12.0. The molecule has 96 valence electrons. The Morgan fingerprint density at radius 1 is 1.31 bits per heavy atom. The average molecular weight is 239 g/mol. The molecule has 0 bridgehead atoms. The van der Waals surface area contributed by atoms with E-state index in [0.29, 0.717) is 12.6 Å². The van der Waals surface area contributed by atoms with Gasteiger partial charge in [0.05, 0.1) is 19.1 Å².